The van der Waals surface area contributed by atoms with Gasteiger partial charge in [-0.1, -0.05) is 0 Å². The van der Waals surface area contributed by atoms with Crippen LogP contribution in [0, 0.1) is 16.7 Å². The lowest BCUT2D eigenvalue weighted by atomic mass is 10.2. The second-order valence-electron chi connectivity index (χ2n) is 2.76. The highest BCUT2D eigenvalue weighted by molar-refractivity contribution is 14.1. The topological polar surface area (TPSA) is 25.8 Å². The van der Waals surface area contributed by atoms with Crippen LogP contribution in [-0.2, 0) is 0 Å². The van der Waals surface area contributed by atoms with Gasteiger partial charge < -0.3 is 0 Å². The number of aromatic nitrogens is 2. The minimum absolute atomic E-state index is 0.336. The summed E-state index contributed by atoms with van der Waals surface area (Å²) in [5.41, 5.74) is 2.22. The predicted octanol–water partition coefficient (Wildman–Crippen LogP) is 3.57. The van der Waals surface area contributed by atoms with E-state index < -0.39 is 0 Å². The Hall–Kier alpha value is 0.0600. The molecular weight excluding hydrogens is 319 g/mol. The third-order valence-electron chi connectivity index (χ3n) is 1.89. The molecule has 2 rings (SSSR count). The summed E-state index contributed by atoms with van der Waals surface area (Å²) in [7, 11) is 0. The molecule has 2 heterocycles. The maximum Gasteiger partial charge on any atom is 0.223 e. The Morgan fingerprint density at radius 3 is 2.69 bits per heavy atom. The molecule has 68 valence electrons. The van der Waals surface area contributed by atoms with E-state index >= 15 is 0 Å². The Labute approximate surface area is 98.5 Å². The van der Waals surface area contributed by atoms with E-state index in [0.717, 1.165) is 15.9 Å². The first kappa shape index (κ1) is 9.61. The molecule has 0 N–H and O–H groups in total. The maximum absolute atomic E-state index is 5.77. The van der Waals surface area contributed by atoms with Crippen molar-refractivity contribution < 1.29 is 0 Å². The molecule has 0 amide bonds. The maximum atomic E-state index is 5.77. The van der Waals surface area contributed by atoms with Crippen LogP contribution < -0.4 is 0 Å². The molecule has 0 bridgehead atoms. The van der Waals surface area contributed by atoms with E-state index in [-0.39, 0.29) is 0 Å². The Bertz CT molecular complexity index is 480. The fourth-order valence-electron chi connectivity index (χ4n) is 1.28. The molecule has 0 unspecified atom stereocenters. The van der Waals surface area contributed by atoms with Gasteiger partial charge in [0, 0.05) is 5.39 Å². The first-order chi connectivity index (χ1) is 6.09. The minimum Gasteiger partial charge on any atom is -0.223 e. The van der Waals surface area contributed by atoms with Gasteiger partial charge >= 0.3 is 0 Å². The molecule has 13 heavy (non-hydrogen) atoms. The van der Waals surface area contributed by atoms with Crippen molar-refractivity contribution in [1.82, 2.24) is 9.97 Å². The first-order valence-electron chi connectivity index (χ1n) is 3.68. The molecule has 5 heteroatoms. The fourth-order valence-corrected chi connectivity index (χ4v) is 3.40. The number of halogens is 2. The number of hydrogen-bond donors (Lipinski definition) is 0. The average Bonchev–Trinajstić information content (AvgIpc) is 2.27. The largest absolute Gasteiger partial charge is 0.223 e. The summed E-state index contributed by atoms with van der Waals surface area (Å²) in [6, 6.07) is 0. The summed E-state index contributed by atoms with van der Waals surface area (Å²) in [5.74, 6) is 0. The first-order valence-corrected chi connectivity index (χ1v) is 5.95. The van der Waals surface area contributed by atoms with Gasteiger partial charge in [0.1, 0.15) is 4.83 Å². The third kappa shape index (κ3) is 1.55. The van der Waals surface area contributed by atoms with E-state index in [1.807, 2.05) is 6.92 Å². The lowest BCUT2D eigenvalue weighted by Gasteiger charge is -1.96. The van der Waals surface area contributed by atoms with Gasteiger partial charge in [0.2, 0.25) is 5.28 Å². The summed E-state index contributed by atoms with van der Waals surface area (Å²) in [6.07, 6.45) is 0. The third-order valence-corrected chi connectivity index (χ3v) is 4.50. The monoisotopic (exact) mass is 324 g/mol. The minimum atomic E-state index is 0.336. The van der Waals surface area contributed by atoms with Crippen LogP contribution in [0.3, 0.4) is 0 Å². The predicted molar refractivity (Wildman–Crippen MR) is 64.6 cm³/mol. The highest BCUT2D eigenvalue weighted by Gasteiger charge is 2.11. The number of nitrogens with zero attached hydrogens (tertiary/aromatic N) is 2. The second-order valence-corrected chi connectivity index (χ2v) is 5.91. The zero-order valence-corrected chi connectivity index (χ0v) is 10.8. The highest BCUT2D eigenvalue weighted by Crippen LogP contribution is 2.32. The quantitative estimate of drug-likeness (QED) is 0.547. The van der Waals surface area contributed by atoms with Crippen molar-refractivity contribution in [2.24, 2.45) is 0 Å². The van der Waals surface area contributed by atoms with Crippen LogP contribution >= 0.6 is 45.5 Å². The number of hydrogen-bond acceptors (Lipinski definition) is 3. The van der Waals surface area contributed by atoms with E-state index in [2.05, 4.69) is 39.5 Å². The Balaban J connectivity index is 2.94. The normalized spacial score (nSPS) is 11.1. The molecule has 0 aliphatic heterocycles. The zero-order chi connectivity index (χ0) is 9.59. The number of aryl methyl sites for hydroxylation is 2. The lowest BCUT2D eigenvalue weighted by Crippen LogP contribution is -1.87. The summed E-state index contributed by atoms with van der Waals surface area (Å²) in [5, 5.41) is 1.49. The molecule has 0 aliphatic carbocycles. The standard InChI is InChI=1S/C8H6ClIN2S/c1-3-5-4(2)11-8(9)12-7(5)13-6(3)10/h1-2H3. The summed E-state index contributed by atoms with van der Waals surface area (Å²) >= 11 is 9.74. The van der Waals surface area contributed by atoms with Crippen LogP contribution in [0.15, 0.2) is 0 Å². The molecule has 0 atom stereocenters. The molecule has 2 aromatic heterocycles. The SMILES string of the molecule is Cc1nc(Cl)nc2sc(I)c(C)c12. The zero-order valence-electron chi connectivity index (χ0n) is 7.06. The molecule has 0 spiro atoms. The second kappa shape index (κ2) is 3.33. The average molecular weight is 325 g/mol. The number of thiophene rings is 1. The highest BCUT2D eigenvalue weighted by atomic mass is 127. The molecule has 0 fully saturated rings. The van der Waals surface area contributed by atoms with Crippen molar-refractivity contribution in [3.8, 4) is 0 Å². The van der Waals surface area contributed by atoms with Gasteiger partial charge in [-0.2, -0.15) is 0 Å². The molecule has 0 saturated heterocycles. The van der Waals surface area contributed by atoms with Crippen LogP contribution in [0.4, 0.5) is 0 Å². The summed E-state index contributed by atoms with van der Waals surface area (Å²) in [6.45, 7) is 4.05. The van der Waals surface area contributed by atoms with E-state index in [1.165, 1.54) is 8.45 Å². The van der Waals surface area contributed by atoms with Gasteiger partial charge in [-0.15, -0.1) is 11.3 Å². The molecule has 0 saturated carbocycles. The summed E-state index contributed by atoms with van der Waals surface area (Å²) < 4.78 is 1.26. The van der Waals surface area contributed by atoms with Gasteiger partial charge in [0.05, 0.1) is 8.58 Å². The smallest absolute Gasteiger partial charge is 0.223 e. The van der Waals surface area contributed by atoms with E-state index in [1.54, 1.807) is 11.3 Å². The fraction of sp³-hybridized carbons (Fsp3) is 0.250. The van der Waals surface area contributed by atoms with E-state index in [9.17, 15) is 0 Å². The van der Waals surface area contributed by atoms with Crippen molar-refractivity contribution in [3.63, 3.8) is 0 Å². The van der Waals surface area contributed by atoms with E-state index in [0.29, 0.717) is 5.28 Å². The molecule has 2 nitrogen and oxygen atoms in total. The van der Waals surface area contributed by atoms with Gasteiger partial charge in [-0.25, -0.2) is 9.97 Å². The van der Waals surface area contributed by atoms with Crippen molar-refractivity contribution in [3.05, 3.63) is 19.4 Å². The van der Waals surface area contributed by atoms with Crippen molar-refractivity contribution in [2.45, 2.75) is 13.8 Å². The molecule has 0 radical (unpaired) electrons. The lowest BCUT2D eigenvalue weighted by molar-refractivity contribution is 1.16. The van der Waals surface area contributed by atoms with Crippen molar-refractivity contribution in [2.75, 3.05) is 0 Å². The molecule has 2 aromatic rings. The molecule has 0 aliphatic rings. The van der Waals surface area contributed by atoms with Crippen LogP contribution in [0.5, 0.6) is 0 Å². The van der Waals surface area contributed by atoms with Crippen molar-refractivity contribution in [1.29, 1.82) is 0 Å². The molecule has 0 aromatic carbocycles. The number of rotatable bonds is 0. The van der Waals surface area contributed by atoms with Gasteiger partial charge in [-0.3, -0.25) is 0 Å². The van der Waals surface area contributed by atoms with Gasteiger partial charge in [0.25, 0.3) is 0 Å². The van der Waals surface area contributed by atoms with Gasteiger partial charge in [-0.05, 0) is 53.6 Å². The van der Waals surface area contributed by atoms with Crippen molar-refractivity contribution >= 4 is 55.7 Å². The Kier molecular flexibility index (Phi) is 2.46. The Morgan fingerprint density at radius 1 is 1.31 bits per heavy atom. The van der Waals surface area contributed by atoms with Crippen LogP contribution in [0.25, 0.3) is 10.2 Å². The number of fused-ring (bicyclic) bond motifs is 1. The van der Waals surface area contributed by atoms with Crippen LogP contribution in [0.1, 0.15) is 11.3 Å². The van der Waals surface area contributed by atoms with Crippen LogP contribution in [-0.4, -0.2) is 9.97 Å². The van der Waals surface area contributed by atoms with E-state index in [4.69, 9.17) is 11.6 Å². The summed E-state index contributed by atoms with van der Waals surface area (Å²) in [4.78, 5) is 9.31. The molecular formula is C8H6ClIN2S. The van der Waals surface area contributed by atoms with Crippen LogP contribution in [0.2, 0.25) is 5.28 Å². The van der Waals surface area contributed by atoms with Gasteiger partial charge in [0.15, 0.2) is 0 Å². The Morgan fingerprint density at radius 2 is 2.00 bits per heavy atom.